The zero-order valence-electron chi connectivity index (χ0n) is 21.8. The van der Waals surface area contributed by atoms with Crippen LogP contribution in [0.4, 0.5) is 4.39 Å². The summed E-state index contributed by atoms with van der Waals surface area (Å²) in [6.07, 6.45) is 3.99. The van der Waals surface area contributed by atoms with Crippen molar-refractivity contribution < 1.29 is 19.1 Å². The van der Waals surface area contributed by atoms with Gasteiger partial charge < -0.3 is 20.6 Å². The number of fused-ring (bicyclic) bond motifs is 1. The van der Waals surface area contributed by atoms with E-state index in [9.17, 15) is 19.1 Å². The molecular formula is C29H35FN4O3S. The largest absolute Gasteiger partial charge is 0.393 e. The smallest absolute Gasteiger partial charge is 0.246 e. The normalized spacial score (nSPS) is 23.4. The molecule has 0 unspecified atom stereocenters. The maximum atomic E-state index is 14.4. The Balaban J connectivity index is 1.40. The number of nitrogens with one attached hydrogen (secondary N) is 2. The van der Waals surface area contributed by atoms with Gasteiger partial charge in [0.25, 0.3) is 0 Å². The van der Waals surface area contributed by atoms with E-state index in [2.05, 4.69) is 10.6 Å². The van der Waals surface area contributed by atoms with Crippen LogP contribution in [0.5, 0.6) is 0 Å². The van der Waals surface area contributed by atoms with Gasteiger partial charge in [0.05, 0.1) is 23.9 Å². The average molecular weight is 539 g/mol. The fourth-order valence-electron chi connectivity index (χ4n) is 5.74. The van der Waals surface area contributed by atoms with Gasteiger partial charge in [-0.2, -0.15) is 0 Å². The van der Waals surface area contributed by atoms with E-state index >= 15 is 0 Å². The van der Waals surface area contributed by atoms with Crippen LogP contribution in [0.15, 0.2) is 41.8 Å². The third-order valence-electron chi connectivity index (χ3n) is 8.09. The number of thiazole rings is 1. The summed E-state index contributed by atoms with van der Waals surface area (Å²) in [6.45, 7) is 2.39. The minimum absolute atomic E-state index is 0.0161. The number of aliphatic hydroxyl groups is 1. The Morgan fingerprint density at radius 1 is 1.11 bits per heavy atom. The number of carbonyl (C=O) groups is 2. The minimum Gasteiger partial charge on any atom is -0.393 e. The van der Waals surface area contributed by atoms with Gasteiger partial charge in [-0.1, -0.05) is 24.3 Å². The second kappa shape index (κ2) is 11.5. The van der Waals surface area contributed by atoms with E-state index in [1.54, 1.807) is 26.1 Å². The maximum Gasteiger partial charge on any atom is 0.246 e. The summed E-state index contributed by atoms with van der Waals surface area (Å²) in [5, 5.41) is 20.2. The SMILES string of the molecule is CN[C@@H](C)C(=O)N[C@H](C(=O)N1CCC[C@H]1c1nc(-c2ccc(F)c3ccccc23)cs1)[C@H]1CC[C@H](O)CC1. The number of rotatable bonds is 7. The van der Waals surface area contributed by atoms with Crippen molar-refractivity contribution in [1.82, 2.24) is 20.5 Å². The van der Waals surface area contributed by atoms with Crippen molar-refractivity contribution in [2.24, 2.45) is 5.92 Å². The first kappa shape index (κ1) is 26.7. The molecule has 1 saturated carbocycles. The van der Waals surface area contributed by atoms with Gasteiger partial charge in [-0.15, -0.1) is 11.3 Å². The molecule has 38 heavy (non-hydrogen) atoms. The van der Waals surface area contributed by atoms with E-state index < -0.39 is 12.1 Å². The molecular weight excluding hydrogens is 503 g/mol. The third-order valence-corrected chi connectivity index (χ3v) is 9.04. The Bertz CT molecular complexity index is 1310. The monoisotopic (exact) mass is 538 g/mol. The number of benzene rings is 2. The Hall–Kier alpha value is -2.88. The summed E-state index contributed by atoms with van der Waals surface area (Å²) >= 11 is 1.52. The molecule has 202 valence electrons. The molecule has 2 fully saturated rings. The molecule has 0 radical (unpaired) electrons. The van der Waals surface area contributed by atoms with Crippen LogP contribution < -0.4 is 10.6 Å². The molecule has 1 saturated heterocycles. The molecule has 0 bridgehead atoms. The minimum atomic E-state index is -0.633. The Morgan fingerprint density at radius 3 is 2.58 bits per heavy atom. The summed E-state index contributed by atoms with van der Waals surface area (Å²) < 4.78 is 14.4. The number of likely N-dealkylation sites (tertiary alicyclic amines) is 1. The summed E-state index contributed by atoms with van der Waals surface area (Å²) in [4.78, 5) is 33.6. The first-order chi connectivity index (χ1) is 18.4. The average Bonchev–Trinajstić information content (AvgIpc) is 3.62. The molecule has 1 aromatic heterocycles. The first-order valence-corrected chi connectivity index (χ1v) is 14.3. The van der Waals surface area contributed by atoms with E-state index in [4.69, 9.17) is 4.98 Å². The van der Waals surface area contributed by atoms with Crippen LogP contribution in [0.2, 0.25) is 0 Å². The molecule has 2 heterocycles. The van der Waals surface area contributed by atoms with Crippen LogP contribution in [-0.2, 0) is 9.59 Å². The van der Waals surface area contributed by atoms with Crippen molar-refractivity contribution >= 4 is 33.9 Å². The number of aliphatic hydroxyl groups excluding tert-OH is 1. The van der Waals surface area contributed by atoms with Gasteiger partial charge in [-0.05, 0) is 75.9 Å². The van der Waals surface area contributed by atoms with Crippen molar-refractivity contribution in [3.8, 4) is 11.3 Å². The number of likely N-dealkylation sites (N-methyl/N-ethyl adjacent to an activating group) is 1. The van der Waals surface area contributed by atoms with Crippen LogP contribution in [0, 0.1) is 11.7 Å². The Labute approximate surface area is 226 Å². The third kappa shape index (κ3) is 5.32. The highest BCUT2D eigenvalue weighted by Gasteiger charge is 2.40. The number of aromatic nitrogens is 1. The number of halogens is 1. The zero-order chi connectivity index (χ0) is 26.8. The topological polar surface area (TPSA) is 94.6 Å². The van der Waals surface area contributed by atoms with Crippen molar-refractivity contribution in [1.29, 1.82) is 0 Å². The lowest BCUT2D eigenvalue weighted by atomic mass is 9.81. The van der Waals surface area contributed by atoms with E-state index in [1.807, 2.05) is 28.5 Å². The second-order valence-corrected chi connectivity index (χ2v) is 11.4. The lowest BCUT2D eigenvalue weighted by molar-refractivity contribution is -0.139. The number of nitrogens with zero attached hydrogens (tertiary/aromatic N) is 2. The van der Waals surface area contributed by atoms with Crippen LogP contribution in [0.1, 0.15) is 56.5 Å². The van der Waals surface area contributed by atoms with Gasteiger partial charge in [0.1, 0.15) is 16.9 Å². The Morgan fingerprint density at radius 2 is 1.84 bits per heavy atom. The van der Waals surface area contributed by atoms with Gasteiger partial charge >= 0.3 is 0 Å². The highest BCUT2D eigenvalue weighted by molar-refractivity contribution is 7.10. The lowest BCUT2D eigenvalue weighted by Gasteiger charge is -2.36. The van der Waals surface area contributed by atoms with Gasteiger partial charge in [-0.25, -0.2) is 9.37 Å². The van der Waals surface area contributed by atoms with Crippen LogP contribution in [0.3, 0.4) is 0 Å². The van der Waals surface area contributed by atoms with Gasteiger partial charge in [0.15, 0.2) is 0 Å². The quantitative estimate of drug-likeness (QED) is 0.414. The van der Waals surface area contributed by atoms with Crippen molar-refractivity contribution in [2.75, 3.05) is 13.6 Å². The van der Waals surface area contributed by atoms with E-state index in [-0.39, 0.29) is 35.7 Å². The molecule has 5 rings (SSSR count). The predicted octanol–water partition coefficient (Wildman–Crippen LogP) is 4.41. The summed E-state index contributed by atoms with van der Waals surface area (Å²) in [7, 11) is 1.72. The van der Waals surface area contributed by atoms with E-state index in [0.29, 0.717) is 37.6 Å². The fourth-order valence-corrected chi connectivity index (χ4v) is 6.71. The molecule has 3 atom stereocenters. The molecule has 1 aliphatic heterocycles. The molecule has 2 aliphatic rings. The highest BCUT2D eigenvalue weighted by atomic mass is 32.1. The molecule has 3 N–H and O–H groups in total. The van der Waals surface area contributed by atoms with Crippen molar-refractivity contribution in [3.63, 3.8) is 0 Å². The maximum absolute atomic E-state index is 14.4. The number of hydrogen-bond acceptors (Lipinski definition) is 6. The van der Waals surface area contributed by atoms with E-state index in [1.165, 1.54) is 17.4 Å². The van der Waals surface area contributed by atoms with E-state index in [0.717, 1.165) is 34.5 Å². The van der Waals surface area contributed by atoms with Gasteiger partial charge in [0.2, 0.25) is 11.8 Å². The zero-order valence-corrected chi connectivity index (χ0v) is 22.6. The van der Waals surface area contributed by atoms with Crippen molar-refractivity contribution in [2.45, 2.75) is 69.7 Å². The summed E-state index contributed by atoms with van der Waals surface area (Å²) in [5.74, 6) is -0.553. The molecule has 7 nitrogen and oxygen atoms in total. The van der Waals surface area contributed by atoms with Crippen LogP contribution in [-0.4, -0.2) is 58.6 Å². The van der Waals surface area contributed by atoms with Crippen LogP contribution >= 0.6 is 11.3 Å². The number of carbonyl (C=O) groups excluding carboxylic acids is 2. The van der Waals surface area contributed by atoms with Gasteiger partial charge in [-0.3, -0.25) is 9.59 Å². The predicted molar refractivity (Wildman–Crippen MR) is 147 cm³/mol. The van der Waals surface area contributed by atoms with Crippen molar-refractivity contribution in [3.05, 3.63) is 52.6 Å². The standard InChI is InChI=1S/C29H35FN4O3S/c1-17(31-2)27(36)33-26(18-9-11-19(35)12-10-18)29(37)34-15-5-8-25(34)28-32-24(16-38-28)22-13-14-23(30)21-7-4-3-6-20(21)22/h3-4,6-7,13-14,16-19,25-26,31,35H,5,8-12,15H2,1-2H3,(H,33,36)/t17-,18-,19-,25-,26-/m0/s1. The molecule has 2 aromatic carbocycles. The van der Waals surface area contributed by atoms with Crippen LogP contribution in [0.25, 0.3) is 22.0 Å². The number of hydrogen-bond donors (Lipinski definition) is 3. The van der Waals surface area contributed by atoms with Gasteiger partial charge in [0, 0.05) is 22.9 Å². The Kier molecular flexibility index (Phi) is 8.07. The molecule has 3 aromatic rings. The summed E-state index contributed by atoms with van der Waals surface area (Å²) in [5.41, 5.74) is 1.64. The molecule has 1 aliphatic carbocycles. The molecule has 0 spiro atoms. The summed E-state index contributed by atoms with van der Waals surface area (Å²) in [6, 6.07) is 9.41. The second-order valence-electron chi connectivity index (χ2n) is 10.5. The molecule has 9 heteroatoms. The lowest BCUT2D eigenvalue weighted by Crippen LogP contribution is -2.55. The first-order valence-electron chi connectivity index (χ1n) is 13.5. The fraction of sp³-hybridized carbons (Fsp3) is 0.483. The number of amides is 2. The molecule has 2 amide bonds. The highest BCUT2D eigenvalue weighted by Crippen LogP contribution is 2.39.